The number of hydrogen-bond donors (Lipinski definition) is 0. The van der Waals surface area contributed by atoms with Crippen molar-refractivity contribution in [3.8, 4) is 0 Å². The molecule has 0 radical (unpaired) electrons. The van der Waals surface area contributed by atoms with Crippen LogP contribution < -0.4 is 0 Å². The zero-order chi connectivity index (χ0) is 18.9. The molecule has 26 heavy (non-hydrogen) atoms. The molecule has 0 bridgehead atoms. The van der Waals surface area contributed by atoms with Gasteiger partial charge in [0.15, 0.2) is 5.69 Å². The van der Waals surface area contributed by atoms with E-state index >= 15 is 0 Å². The Labute approximate surface area is 154 Å². The van der Waals surface area contributed by atoms with Crippen LogP contribution in [0.15, 0.2) is 4.52 Å². The van der Waals surface area contributed by atoms with Crippen molar-refractivity contribution in [3.05, 3.63) is 17.0 Å². The Balaban J connectivity index is 1.67. The van der Waals surface area contributed by atoms with E-state index in [9.17, 15) is 9.59 Å². The first kappa shape index (κ1) is 18.7. The summed E-state index contributed by atoms with van der Waals surface area (Å²) in [7, 11) is 0. The van der Waals surface area contributed by atoms with Gasteiger partial charge in [-0.15, -0.1) is 0 Å². The molecule has 2 amide bonds. The summed E-state index contributed by atoms with van der Waals surface area (Å²) < 4.78 is 10.5. The van der Waals surface area contributed by atoms with Gasteiger partial charge in [0.1, 0.15) is 5.76 Å². The lowest BCUT2D eigenvalue weighted by molar-refractivity contribution is 0.0561. The van der Waals surface area contributed by atoms with Crippen LogP contribution in [0.3, 0.4) is 0 Å². The number of nitrogens with zero attached hydrogens (tertiary/aromatic N) is 3. The zero-order valence-electron chi connectivity index (χ0n) is 16.2. The number of rotatable bonds is 2. The lowest BCUT2D eigenvalue weighted by Crippen LogP contribution is -2.51. The lowest BCUT2D eigenvalue weighted by Gasteiger charge is -2.35. The van der Waals surface area contributed by atoms with E-state index in [0.717, 1.165) is 30.6 Å². The second-order valence-corrected chi connectivity index (χ2v) is 8.22. The van der Waals surface area contributed by atoms with Crippen LogP contribution in [0.2, 0.25) is 0 Å². The molecule has 1 aromatic heterocycles. The van der Waals surface area contributed by atoms with Crippen LogP contribution in [0, 0.1) is 11.3 Å². The van der Waals surface area contributed by atoms with E-state index < -0.39 is 0 Å². The Morgan fingerprint density at radius 2 is 1.85 bits per heavy atom. The predicted molar refractivity (Wildman–Crippen MR) is 96.0 cm³/mol. The van der Waals surface area contributed by atoms with Gasteiger partial charge in [-0.2, -0.15) is 0 Å². The highest BCUT2D eigenvalue weighted by Gasteiger charge is 2.36. The number of carbonyl (C=O) groups is 2. The third-order valence-corrected chi connectivity index (χ3v) is 5.56. The van der Waals surface area contributed by atoms with Crippen molar-refractivity contribution in [1.82, 2.24) is 15.0 Å². The molecule has 0 spiro atoms. The van der Waals surface area contributed by atoms with Crippen LogP contribution in [0.4, 0.5) is 4.79 Å². The molecular weight excluding hydrogens is 334 g/mol. The van der Waals surface area contributed by atoms with E-state index in [1.165, 1.54) is 0 Å². The van der Waals surface area contributed by atoms with Crippen LogP contribution >= 0.6 is 0 Å². The SMILES string of the molecule is CCOC(=O)N1CCN(C(=O)c2noc3c2C[C@H](C(C)(C)C)CC3)CC1. The molecule has 1 fully saturated rings. The van der Waals surface area contributed by atoms with Gasteiger partial charge in [-0.3, -0.25) is 4.79 Å². The maximum atomic E-state index is 13.0. The Kier molecular flexibility index (Phi) is 5.25. The molecule has 0 saturated carbocycles. The van der Waals surface area contributed by atoms with Gasteiger partial charge in [0.25, 0.3) is 5.91 Å². The topological polar surface area (TPSA) is 75.9 Å². The minimum atomic E-state index is -0.313. The summed E-state index contributed by atoms with van der Waals surface area (Å²) in [5.74, 6) is 1.29. The lowest BCUT2D eigenvalue weighted by atomic mass is 9.71. The summed E-state index contributed by atoms with van der Waals surface area (Å²) in [6.45, 7) is 10.8. The van der Waals surface area contributed by atoms with Gasteiger partial charge in [0.2, 0.25) is 0 Å². The number of piperazine rings is 1. The molecule has 7 nitrogen and oxygen atoms in total. The Morgan fingerprint density at radius 1 is 1.19 bits per heavy atom. The largest absolute Gasteiger partial charge is 0.450 e. The number of aryl methyl sites for hydroxylation is 1. The highest BCUT2D eigenvalue weighted by molar-refractivity contribution is 5.94. The smallest absolute Gasteiger partial charge is 0.409 e. The first-order valence-electron chi connectivity index (χ1n) is 9.49. The van der Waals surface area contributed by atoms with Crippen LogP contribution in [-0.2, 0) is 17.6 Å². The van der Waals surface area contributed by atoms with E-state index in [-0.39, 0.29) is 17.4 Å². The number of aromatic nitrogens is 1. The third-order valence-electron chi connectivity index (χ3n) is 5.56. The first-order valence-corrected chi connectivity index (χ1v) is 9.49. The summed E-state index contributed by atoms with van der Waals surface area (Å²) in [5.41, 5.74) is 1.63. The van der Waals surface area contributed by atoms with E-state index in [2.05, 4.69) is 25.9 Å². The van der Waals surface area contributed by atoms with Crippen LogP contribution in [0.5, 0.6) is 0 Å². The highest BCUT2D eigenvalue weighted by Crippen LogP contribution is 2.38. The summed E-state index contributed by atoms with van der Waals surface area (Å²) in [4.78, 5) is 28.2. The maximum Gasteiger partial charge on any atom is 0.409 e. The minimum absolute atomic E-state index is 0.0898. The van der Waals surface area contributed by atoms with E-state index in [1.54, 1.807) is 16.7 Å². The fraction of sp³-hybridized carbons (Fsp3) is 0.737. The standard InChI is InChI=1S/C19H29N3O4/c1-5-25-18(24)22-10-8-21(9-11-22)17(23)16-14-12-13(19(2,3)4)6-7-15(14)26-20-16/h13H,5-12H2,1-4H3/t13-/m1/s1. The number of ether oxygens (including phenoxy) is 1. The number of carbonyl (C=O) groups excluding carboxylic acids is 2. The molecule has 2 aliphatic rings. The van der Waals surface area contributed by atoms with Gasteiger partial charge in [-0.1, -0.05) is 25.9 Å². The third kappa shape index (κ3) is 3.71. The normalized spacial score (nSPS) is 20.7. The van der Waals surface area contributed by atoms with Gasteiger partial charge in [0.05, 0.1) is 6.61 Å². The molecule has 1 aliphatic heterocycles. The molecule has 0 N–H and O–H groups in total. The fourth-order valence-corrected chi connectivity index (χ4v) is 3.77. The Morgan fingerprint density at radius 3 is 2.46 bits per heavy atom. The number of fused-ring (bicyclic) bond motifs is 1. The van der Waals surface area contributed by atoms with Gasteiger partial charge >= 0.3 is 6.09 Å². The summed E-state index contributed by atoms with van der Waals surface area (Å²) >= 11 is 0. The second kappa shape index (κ2) is 7.29. The minimum Gasteiger partial charge on any atom is -0.450 e. The van der Waals surface area contributed by atoms with E-state index in [4.69, 9.17) is 9.26 Å². The van der Waals surface area contributed by atoms with Crippen molar-refractivity contribution in [1.29, 1.82) is 0 Å². The first-order chi connectivity index (χ1) is 12.3. The molecule has 2 heterocycles. The average Bonchev–Trinajstić information content (AvgIpc) is 3.04. The van der Waals surface area contributed by atoms with Crippen molar-refractivity contribution in [2.24, 2.45) is 11.3 Å². The molecule has 1 atom stereocenters. The van der Waals surface area contributed by atoms with E-state index in [1.807, 2.05) is 0 Å². The van der Waals surface area contributed by atoms with Gasteiger partial charge < -0.3 is 19.1 Å². The van der Waals surface area contributed by atoms with Crippen molar-refractivity contribution < 1.29 is 18.8 Å². The maximum absolute atomic E-state index is 13.0. The number of amides is 2. The molecule has 0 unspecified atom stereocenters. The monoisotopic (exact) mass is 363 g/mol. The predicted octanol–water partition coefficient (Wildman–Crippen LogP) is 2.74. The molecule has 7 heteroatoms. The van der Waals surface area contributed by atoms with Crippen molar-refractivity contribution in [2.75, 3.05) is 32.8 Å². The van der Waals surface area contributed by atoms with Gasteiger partial charge in [-0.25, -0.2) is 4.79 Å². The van der Waals surface area contributed by atoms with E-state index in [0.29, 0.717) is 44.4 Å². The van der Waals surface area contributed by atoms with Crippen LogP contribution in [0.1, 0.15) is 55.9 Å². The molecule has 1 aromatic rings. The Hall–Kier alpha value is -2.05. The van der Waals surface area contributed by atoms with Crippen molar-refractivity contribution in [2.45, 2.75) is 47.0 Å². The summed E-state index contributed by atoms with van der Waals surface area (Å²) in [6.07, 6.45) is 2.43. The molecular formula is C19H29N3O4. The molecule has 144 valence electrons. The van der Waals surface area contributed by atoms with Crippen molar-refractivity contribution in [3.63, 3.8) is 0 Å². The second-order valence-electron chi connectivity index (χ2n) is 8.22. The highest BCUT2D eigenvalue weighted by atomic mass is 16.6. The van der Waals surface area contributed by atoms with Gasteiger partial charge in [0, 0.05) is 38.2 Å². The summed E-state index contributed by atoms with van der Waals surface area (Å²) in [6, 6.07) is 0. The average molecular weight is 363 g/mol. The Bertz CT molecular complexity index is 669. The molecule has 0 aromatic carbocycles. The number of hydrogen-bond acceptors (Lipinski definition) is 5. The van der Waals surface area contributed by atoms with Crippen LogP contribution in [0.25, 0.3) is 0 Å². The summed E-state index contributed by atoms with van der Waals surface area (Å²) in [5, 5.41) is 4.10. The molecule has 3 rings (SSSR count). The molecule has 1 aliphatic carbocycles. The molecule has 1 saturated heterocycles. The van der Waals surface area contributed by atoms with Gasteiger partial charge in [-0.05, 0) is 31.1 Å². The quantitative estimate of drug-likeness (QED) is 0.807. The fourth-order valence-electron chi connectivity index (χ4n) is 3.77. The zero-order valence-corrected chi connectivity index (χ0v) is 16.2. The van der Waals surface area contributed by atoms with Crippen LogP contribution in [-0.4, -0.2) is 59.7 Å². The van der Waals surface area contributed by atoms with Crippen molar-refractivity contribution >= 4 is 12.0 Å².